The van der Waals surface area contributed by atoms with Crippen LogP contribution in [0.5, 0.6) is 0 Å². The van der Waals surface area contributed by atoms with Gasteiger partial charge in [0, 0.05) is 0 Å². The van der Waals surface area contributed by atoms with E-state index in [9.17, 15) is 4.79 Å². The molecule has 0 aliphatic carbocycles. The van der Waals surface area contributed by atoms with Gasteiger partial charge in [-0.15, -0.1) is 0 Å². The number of carbonyl (C=O) groups excluding carboxylic acids is 1. The van der Waals surface area contributed by atoms with Gasteiger partial charge in [0.05, 0.1) is 0 Å². The van der Waals surface area contributed by atoms with Crippen molar-refractivity contribution in [3.63, 3.8) is 0 Å². The maximum absolute atomic E-state index is 11.4. The molecule has 4 heteroatoms. The quantitative estimate of drug-likeness (QED) is 0.620. The first-order chi connectivity index (χ1) is 5.42. The van der Waals surface area contributed by atoms with Crippen LogP contribution in [0.2, 0.25) is 13.1 Å². The van der Waals surface area contributed by atoms with E-state index in [0.717, 1.165) is 0 Å². The van der Waals surface area contributed by atoms with Crippen molar-refractivity contribution in [1.29, 1.82) is 0 Å². The van der Waals surface area contributed by atoms with Crippen LogP contribution in [0.3, 0.4) is 0 Å². The Morgan fingerprint density at radius 1 is 1.50 bits per heavy atom. The van der Waals surface area contributed by atoms with Gasteiger partial charge in [-0.25, -0.2) is 0 Å². The third kappa shape index (κ3) is 3.32. The zero-order valence-electron chi connectivity index (χ0n) is 8.13. The second-order valence-corrected chi connectivity index (χ2v) is 11.6. The number of hydrogen-bond acceptors (Lipinski definition) is 3. The summed E-state index contributed by atoms with van der Waals surface area (Å²) in [5.74, 6) is -0.162. The Morgan fingerprint density at radius 2 is 2.00 bits per heavy atom. The van der Waals surface area contributed by atoms with Gasteiger partial charge in [0.2, 0.25) is 0 Å². The maximum atomic E-state index is 11.4. The molecule has 0 saturated carbocycles. The summed E-state index contributed by atoms with van der Waals surface area (Å²) in [7, 11) is 0. The number of hydrogen-bond donors (Lipinski definition) is 1. The molecule has 1 N–H and O–H groups in total. The average Bonchev–Trinajstić information content (AvgIpc) is 1.99. The number of rotatable bonds is 4. The Labute approximate surface area is 81.1 Å². The van der Waals surface area contributed by atoms with Crippen molar-refractivity contribution in [1.82, 2.24) is 0 Å². The molecule has 0 aromatic rings. The summed E-state index contributed by atoms with van der Waals surface area (Å²) < 4.78 is 4.59. The van der Waals surface area contributed by atoms with E-state index in [1.165, 1.54) is 0 Å². The Morgan fingerprint density at radius 3 is 2.33 bits per heavy atom. The van der Waals surface area contributed by atoms with Gasteiger partial charge >= 0.3 is 81.0 Å². The SMILES string of the molecule is [CH3][Sb]([CH3])[C](C)(C)C(=O)OCCO. The number of ether oxygens (including phenoxy) is 1. The van der Waals surface area contributed by atoms with Crippen LogP contribution < -0.4 is 0 Å². The molecule has 0 saturated heterocycles. The van der Waals surface area contributed by atoms with Crippen LogP contribution in [0.4, 0.5) is 0 Å². The normalized spacial score (nSPS) is 11.8. The van der Waals surface area contributed by atoms with Crippen LogP contribution in [-0.4, -0.2) is 44.5 Å². The van der Waals surface area contributed by atoms with Gasteiger partial charge in [0.15, 0.2) is 0 Å². The summed E-state index contributed by atoms with van der Waals surface area (Å²) in [5.41, 5.74) is 0. The Hall–Kier alpha value is 0.248. The van der Waals surface area contributed by atoms with Gasteiger partial charge in [-0.1, -0.05) is 0 Å². The number of aliphatic hydroxyl groups is 1. The van der Waals surface area contributed by atoms with Crippen molar-refractivity contribution in [3.05, 3.63) is 0 Å². The molecular weight excluding hydrogens is 266 g/mol. The van der Waals surface area contributed by atoms with Gasteiger partial charge in [-0.2, -0.15) is 0 Å². The van der Waals surface area contributed by atoms with Gasteiger partial charge in [-0.05, 0) is 0 Å². The summed E-state index contributed by atoms with van der Waals surface area (Å²) in [4.78, 5) is 15.7. The molecule has 0 fully saturated rings. The third-order valence-corrected chi connectivity index (χ3v) is 8.85. The molecular formula is C8H17O3Sb. The molecule has 0 aliphatic heterocycles. The summed E-state index contributed by atoms with van der Waals surface area (Å²) >= 11 is -1.44. The molecule has 0 aromatic carbocycles. The fourth-order valence-corrected chi connectivity index (χ4v) is 1.72. The van der Waals surface area contributed by atoms with Gasteiger partial charge < -0.3 is 0 Å². The van der Waals surface area contributed by atoms with Crippen LogP contribution in [0.25, 0.3) is 0 Å². The fourth-order valence-electron chi connectivity index (χ4n) is 0.498. The predicted molar refractivity (Wildman–Crippen MR) is 49.6 cm³/mol. The monoisotopic (exact) mass is 282 g/mol. The third-order valence-electron chi connectivity index (χ3n) is 1.94. The number of carbonyl (C=O) groups is 1. The Balaban J connectivity index is 4.07. The van der Waals surface area contributed by atoms with Crippen LogP contribution in [0.15, 0.2) is 0 Å². The number of esters is 1. The average molecular weight is 283 g/mol. The molecule has 72 valence electrons. The zero-order valence-corrected chi connectivity index (χ0v) is 10.7. The van der Waals surface area contributed by atoms with Crippen LogP contribution in [-0.2, 0) is 9.53 Å². The van der Waals surface area contributed by atoms with Crippen molar-refractivity contribution in [2.75, 3.05) is 13.2 Å². The molecule has 0 heterocycles. The van der Waals surface area contributed by atoms with E-state index in [4.69, 9.17) is 9.84 Å². The zero-order chi connectivity index (χ0) is 9.78. The van der Waals surface area contributed by atoms with E-state index >= 15 is 0 Å². The van der Waals surface area contributed by atoms with E-state index in [1.54, 1.807) is 0 Å². The minimum atomic E-state index is -1.44. The molecule has 0 unspecified atom stereocenters. The van der Waals surface area contributed by atoms with Crippen molar-refractivity contribution in [3.8, 4) is 0 Å². The molecule has 3 nitrogen and oxygen atoms in total. The van der Waals surface area contributed by atoms with Crippen molar-refractivity contribution >= 4 is 26.2 Å². The summed E-state index contributed by atoms with van der Waals surface area (Å²) in [6.07, 6.45) is 0. The first kappa shape index (κ1) is 12.2. The van der Waals surface area contributed by atoms with E-state index in [1.807, 2.05) is 13.8 Å². The van der Waals surface area contributed by atoms with E-state index in [2.05, 4.69) is 9.74 Å². The van der Waals surface area contributed by atoms with Crippen molar-refractivity contribution in [2.45, 2.75) is 26.9 Å². The van der Waals surface area contributed by atoms with Crippen LogP contribution in [0.1, 0.15) is 13.8 Å². The first-order valence-corrected chi connectivity index (χ1v) is 10.3. The van der Waals surface area contributed by atoms with Crippen LogP contribution in [0, 0.1) is 0 Å². The summed E-state index contributed by atoms with van der Waals surface area (Å²) in [5, 5.41) is 8.46. The van der Waals surface area contributed by atoms with Crippen LogP contribution >= 0.6 is 0 Å². The minimum absolute atomic E-state index is 0.0908. The molecule has 0 aliphatic rings. The number of aliphatic hydroxyl groups excluding tert-OH is 1. The van der Waals surface area contributed by atoms with E-state index in [0.29, 0.717) is 0 Å². The van der Waals surface area contributed by atoms with Crippen molar-refractivity contribution < 1.29 is 14.6 Å². The molecule has 12 heavy (non-hydrogen) atoms. The van der Waals surface area contributed by atoms with Gasteiger partial charge in [-0.3, -0.25) is 0 Å². The molecule has 0 atom stereocenters. The molecule has 0 rings (SSSR count). The molecule has 0 aromatic heterocycles. The second-order valence-electron chi connectivity index (χ2n) is 3.31. The fraction of sp³-hybridized carbons (Fsp3) is 0.875. The standard InChI is InChI=1S/C6H11O3.2CH3.Sb/c1-5(2)6(8)9-4-3-7;;;/h7H,3-4H2,1-2H3;2*1H3;. The Bertz CT molecular complexity index is 154. The van der Waals surface area contributed by atoms with E-state index in [-0.39, 0.29) is 22.5 Å². The molecule has 0 spiro atoms. The first-order valence-electron chi connectivity index (χ1n) is 3.88. The summed E-state index contributed by atoms with van der Waals surface area (Å²) in [6.45, 7) is 3.88. The topological polar surface area (TPSA) is 46.5 Å². The predicted octanol–water partition coefficient (Wildman–Crippen LogP) is 1.06. The molecule has 0 radical (unpaired) electrons. The molecule has 0 amide bonds. The second kappa shape index (κ2) is 5.08. The van der Waals surface area contributed by atoms with E-state index < -0.39 is 20.2 Å². The van der Waals surface area contributed by atoms with Gasteiger partial charge in [0.25, 0.3) is 0 Å². The van der Waals surface area contributed by atoms with Crippen molar-refractivity contribution in [2.24, 2.45) is 0 Å². The molecule has 0 bridgehead atoms. The van der Waals surface area contributed by atoms with Gasteiger partial charge in [0.1, 0.15) is 0 Å². The summed E-state index contributed by atoms with van der Waals surface area (Å²) in [6, 6.07) is 0. The Kier molecular flexibility index (Phi) is 5.19.